The Hall–Kier alpha value is -3.09. The van der Waals surface area contributed by atoms with Crippen molar-refractivity contribution in [3.05, 3.63) is 65.2 Å². The Kier molecular flexibility index (Phi) is 7.20. The number of carbonyl (C=O) groups excluding carboxylic acids is 1. The number of hydrogen-bond acceptors (Lipinski definition) is 3. The van der Waals surface area contributed by atoms with Crippen LogP contribution in [-0.2, 0) is 12.8 Å². The van der Waals surface area contributed by atoms with Crippen molar-refractivity contribution in [3.8, 4) is 11.5 Å². The fourth-order valence-electron chi connectivity index (χ4n) is 3.98. The third-order valence-corrected chi connectivity index (χ3v) is 5.31. The van der Waals surface area contributed by atoms with E-state index in [1.54, 1.807) is 14.2 Å². The number of rotatable bonds is 4. The van der Waals surface area contributed by atoms with Crippen LogP contribution in [0.4, 0.5) is 5.69 Å². The minimum Gasteiger partial charge on any atom is -0.496 e. The highest BCUT2D eigenvalue weighted by Crippen LogP contribution is 2.35. The number of nitrogens with one attached hydrogen (secondary N) is 1. The number of hydrogen-bond donors (Lipinski definition) is 1. The van der Waals surface area contributed by atoms with Gasteiger partial charge in [-0.05, 0) is 66.5 Å². The largest absolute Gasteiger partial charge is 0.496 e. The minimum absolute atomic E-state index is 0. The topological polar surface area (TPSA) is 111 Å². The summed E-state index contributed by atoms with van der Waals surface area (Å²) in [4.78, 5) is 13.1. The number of methoxy groups -OCH3 is 2. The number of anilines is 1. The summed E-state index contributed by atoms with van der Waals surface area (Å²) in [7, 11) is 3.34. The van der Waals surface area contributed by atoms with Crippen molar-refractivity contribution in [2.75, 3.05) is 19.5 Å². The lowest BCUT2D eigenvalue weighted by atomic mass is 9.89. The molecule has 4 rings (SSSR count). The quantitative estimate of drug-likeness (QED) is 0.729. The molecule has 29 heavy (non-hydrogen) atoms. The van der Waals surface area contributed by atoms with Gasteiger partial charge in [-0.1, -0.05) is 24.3 Å². The number of amides is 1. The van der Waals surface area contributed by atoms with Gasteiger partial charge in [0.25, 0.3) is 5.91 Å². The average molecular weight is 397 g/mol. The van der Waals surface area contributed by atoms with Gasteiger partial charge in [-0.2, -0.15) is 0 Å². The van der Waals surface area contributed by atoms with Gasteiger partial charge in [0.15, 0.2) is 0 Å². The van der Waals surface area contributed by atoms with Gasteiger partial charge < -0.3 is 25.7 Å². The summed E-state index contributed by atoms with van der Waals surface area (Å²) in [6.45, 7) is 0. The predicted molar refractivity (Wildman–Crippen MR) is 115 cm³/mol. The zero-order valence-corrected chi connectivity index (χ0v) is 16.7. The lowest BCUT2D eigenvalue weighted by Gasteiger charge is -2.22. The normalized spacial score (nSPS) is 12.2. The van der Waals surface area contributed by atoms with Crippen molar-refractivity contribution < 1.29 is 25.2 Å². The third kappa shape index (κ3) is 4.04. The van der Waals surface area contributed by atoms with Crippen molar-refractivity contribution in [2.45, 2.75) is 25.7 Å². The van der Waals surface area contributed by atoms with Crippen molar-refractivity contribution >= 4 is 22.4 Å². The summed E-state index contributed by atoms with van der Waals surface area (Å²) >= 11 is 0. The highest BCUT2D eigenvalue weighted by molar-refractivity contribution is 6.14. The van der Waals surface area contributed by atoms with Gasteiger partial charge in [0, 0.05) is 16.6 Å². The van der Waals surface area contributed by atoms with Gasteiger partial charge in [0.2, 0.25) is 0 Å². The number of benzene rings is 3. The van der Waals surface area contributed by atoms with E-state index in [0.29, 0.717) is 5.56 Å². The Morgan fingerprint density at radius 3 is 2.10 bits per heavy atom. The molecule has 1 amide bonds. The van der Waals surface area contributed by atoms with Crippen LogP contribution in [0, 0.1) is 0 Å². The Morgan fingerprint density at radius 2 is 1.41 bits per heavy atom. The van der Waals surface area contributed by atoms with E-state index >= 15 is 0 Å². The van der Waals surface area contributed by atoms with Crippen LogP contribution in [0.15, 0.2) is 48.5 Å². The third-order valence-electron chi connectivity index (χ3n) is 5.31. The molecule has 0 spiro atoms. The predicted octanol–water partition coefficient (Wildman–Crippen LogP) is 3.34. The van der Waals surface area contributed by atoms with Crippen LogP contribution < -0.4 is 14.8 Å². The van der Waals surface area contributed by atoms with E-state index in [2.05, 4.69) is 5.32 Å². The van der Waals surface area contributed by atoms with Crippen molar-refractivity contribution in [3.63, 3.8) is 0 Å². The molecule has 0 aromatic heterocycles. The molecule has 154 valence electrons. The molecule has 0 unspecified atom stereocenters. The first-order chi connectivity index (χ1) is 13.2. The molecular weight excluding hydrogens is 370 g/mol. The first-order valence-electron chi connectivity index (χ1n) is 9.28. The van der Waals surface area contributed by atoms with Gasteiger partial charge in [0.1, 0.15) is 11.5 Å². The van der Waals surface area contributed by atoms with E-state index in [1.165, 1.54) is 11.1 Å². The van der Waals surface area contributed by atoms with E-state index < -0.39 is 0 Å². The van der Waals surface area contributed by atoms with Crippen LogP contribution in [0.1, 0.15) is 34.3 Å². The molecule has 1 aliphatic carbocycles. The summed E-state index contributed by atoms with van der Waals surface area (Å²) in [5, 5.41) is 4.95. The SMILES string of the molecule is COc1ccc(NC(=O)c2ccc(OC)c3ccccc23)c2c1CCCC2.O.O. The summed E-state index contributed by atoms with van der Waals surface area (Å²) < 4.78 is 10.9. The number of fused-ring (bicyclic) bond motifs is 2. The standard InChI is InChI=1S/C23H23NO3.2H2O/c1-26-21-13-11-19(15-7-3-5-9-17(15)21)23(25)24-20-12-14-22(27-2)18-10-6-4-8-16(18)20;;/h3,5,7,9,11-14H,4,6,8,10H2,1-2H3,(H,24,25);2*1H2. The molecule has 0 atom stereocenters. The second-order valence-electron chi connectivity index (χ2n) is 6.79. The molecule has 5 N–H and O–H groups in total. The maximum Gasteiger partial charge on any atom is 0.256 e. The molecule has 1 aliphatic rings. The lowest BCUT2D eigenvalue weighted by molar-refractivity contribution is 0.102. The van der Waals surface area contributed by atoms with Crippen LogP contribution in [0.5, 0.6) is 11.5 Å². The van der Waals surface area contributed by atoms with Crippen LogP contribution in [0.25, 0.3) is 10.8 Å². The monoisotopic (exact) mass is 397 g/mol. The molecule has 0 bridgehead atoms. The van der Waals surface area contributed by atoms with E-state index in [-0.39, 0.29) is 16.9 Å². The number of carbonyl (C=O) groups is 1. The Balaban J connectivity index is 0.00000150. The molecule has 0 saturated carbocycles. The van der Waals surface area contributed by atoms with Crippen LogP contribution in [0.3, 0.4) is 0 Å². The average Bonchev–Trinajstić information content (AvgIpc) is 2.73. The summed E-state index contributed by atoms with van der Waals surface area (Å²) in [5.41, 5.74) is 3.95. The second kappa shape index (κ2) is 9.41. The highest BCUT2D eigenvalue weighted by atomic mass is 16.5. The minimum atomic E-state index is -0.105. The fraction of sp³-hybridized carbons (Fsp3) is 0.261. The first kappa shape index (κ1) is 22.2. The van der Waals surface area contributed by atoms with E-state index in [4.69, 9.17) is 9.47 Å². The van der Waals surface area contributed by atoms with Crippen molar-refractivity contribution in [1.82, 2.24) is 0 Å². The van der Waals surface area contributed by atoms with E-state index in [1.807, 2.05) is 48.5 Å². The Labute approximate surface area is 170 Å². The Bertz CT molecular complexity index is 1020. The Morgan fingerprint density at radius 1 is 0.793 bits per heavy atom. The van der Waals surface area contributed by atoms with E-state index in [0.717, 1.165) is 53.6 Å². The van der Waals surface area contributed by atoms with Gasteiger partial charge in [-0.15, -0.1) is 0 Å². The first-order valence-corrected chi connectivity index (χ1v) is 9.28. The molecule has 6 heteroatoms. The highest BCUT2D eigenvalue weighted by Gasteiger charge is 2.20. The van der Waals surface area contributed by atoms with Gasteiger partial charge >= 0.3 is 0 Å². The van der Waals surface area contributed by atoms with Crippen LogP contribution >= 0.6 is 0 Å². The van der Waals surface area contributed by atoms with Crippen molar-refractivity contribution in [2.24, 2.45) is 0 Å². The second-order valence-corrected chi connectivity index (χ2v) is 6.79. The molecule has 6 nitrogen and oxygen atoms in total. The number of ether oxygens (including phenoxy) is 2. The van der Waals surface area contributed by atoms with Crippen molar-refractivity contribution in [1.29, 1.82) is 0 Å². The maximum atomic E-state index is 13.1. The molecule has 0 fully saturated rings. The molecule has 3 aromatic rings. The lowest BCUT2D eigenvalue weighted by Crippen LogP contribution is -2.16. The van der Waals surface area contributed by atoms with Gasteiger partial charge in [0.05, 0.1) is 14.2 Å². The maximum absolute atomic E-state index is 13.1. The van der Waals surface area contributed by atoms with Gasteiger partial charge in [-0.25, -0.2) is 0 Å². The van der Waals surface area contributed by atoms with Gasteiger partial charge in [-0.3, -0.25) is 4.79 Å². The fourth-order valence-corrected chi connectivity index (χ4v) is 3.98. The van der Waals surface area contributed by atoms with Crippen LogP contribution in [-0.4, -0.2) is 31.1 Å². The molecule has 0 saturated heterocycles. The molecule has 0 radical (unpaired) electrons. The molecule has 0 heterocycles. The summed E-state index contributed by atoms with van der Waals surface area (Å²) in [6.07, 6.45) is 4.25. The zero-order chi connectivity index (χ0) is 18.8. The van der Waals surface area contributed by atoms with E-state index in [9.17, 15) is 4.79 Å². The molecule has 3 aromatic carbocycles. The molecule has 0 aliphatic heterocycles. The smallest absolute Gasteiger partial charge is 0.256 e. The van der Waals surface area contributed by atoms with Crippen LogP contribution in [0.2, 0.25) is 0 Å². The summed E-state index contributed by atoms with van der Waals surface area (Å²) in [6, 6.07) is 15.4. The zero-order valence-electron chi connectivity index (χ0n) is 16.7. The molecular formula is C23H27NO5. The summed E-state index contributed by atoms with van der Waals surface area (Å²) in [5.74, 6) is 1.58.